The van der Waals surface area contributed by atoms with E-state index in [1.807, 2.05) is 6.07 Å². The maximum atomic E-state index is 14.7. The molecule has 0 atom stereocenters. The van der Waals surface area contributed by atoms with Gasteiger partial charge in [0.15, 0.2) is 11.6 Å². The minimum Gasteiger partial charge on any atom is -0.336 e. The van der Waals surface area contributed by atoms with Gasteiger partial charge in [-0.1, -0.05) is 30.3 Å². The quantitative estimate of drug-likeness (QED) is 0.450. The van der Waals surface area contributed by atoms with Gasteiger partial charge in [-0.15, -0.1) is 0 Å². The van der Waals surface area contributed by atoms with Crippen molar-refractivity contribution in [2.75, 3.05) is 4.90 Å². The van der Waals surface area contributed by atoms with Crippen molar-refractivity contribution < 1.29 is 18.1 Å². The van der Waals surface area contributed by atoms with Gasteiger partial charge >= 0.3 is 0 Å². The van der Waals surface area contributed by atoms with Gasteiger partial charge < -0.3 is 10.3 Å². The third-order valence-corrected chi connectivity index (χ3v) is 5.01. The Morgan fingerprint density at radius 2 is 1.84 bits per heavy atom. The van der Waals surface area contributed by atoms with Crippen LogP contribution in [0.4, 0.5) is 20.4 Å². The minimum absolute atomic E-state index is 0.0760. The fraction of sp³-hybridized carbons (Fsp3) is 0.125. The molecule has 32 heavy (non-hydrogen) atoms. The number of carbonyl (C=O) groups is 1. The molecule has 0 spiro atoms. The number of benzene rings is 2. The maximum Gasteiger partial charge on any atom is 0.247 e. The first-order chi connectivity index (χ1) is 15.5. The molecule has 2 N–H and O–H groups in total. The number of anilines is 2. The highest BCUT2D eigenvalue weighted by molar-refractivity contribution is 6.04. The topological polar surface area (TPSA) is 85.2 Å². The Labute approximate surface area is 183 Å². The molecule has 4 aromatic rings. The van der Waals surface area contributed by atoms with Crippen LogP contribution >= 0.6 is 0 Å². The van der Waals surface area contributed by atoms with E-state index < -0.39 is 11.6 Å². The number of halogens is 2. The summed E-state index contributed by atoms with van der Waals surface area (Å²) in [5.74, 6) is -2.24. The van der Waals surface area contributed by atoms with Crippen molar-refractivity contribution in [3.05, 3.63) is 84.2 Å². The molecule has 2 heterocycles. The lowest BCUT2D eigenvalue weighted by molar-refractivity contribution is -0.117. The van der Waals surface area contributed by atoms with Crippen molar-refractivity contribution >= 4 is 17.5 Å². The summed E-state index contributed by atoms with van der Waals surface area (Å²) < 4.78 is 34.3. The summed E-state index contributed by atoms with van der Waals surface area (Å²) in [6, 6.07) is 14.3. The summed E-state index contributed by atoms with van der Waals surface area (Å²) >= 11 is 0. The van der Waals surface area contributed by atoms with Gasteiger partial charge in [0.2, 0.25) is 11.8 Å². The standard InChI is InChI=1S/C24H20F2N4O2/c1-2-20(31)30(17-6-3-5-15(13-17)14-27)24-21(16-9-11-28-12-10-16)23(29-32-24)18-7-4-8-19(25)22(18)26/h3-13H,2,14,27H2,1H3. The van der Waals surface area contributed by atoms with Crippen molar-refractivity contribution in [3.8, 4) is 22.4 Å². The lowest BCUT2D eigenvalue weighted by Gasteiger charge is -2.21. The second-order valence-electron chi connectivity index (χ2n) is 7.01. The normalized spacial score (nSPS) is 10.9. The van der Waals surface area contributed by atoms with Crippen LogP contribution < -0.4 is 10.6 Å². The SMILES string of the molecule is CCC(=O)N(c1cccc(CN)c1)c1onc(-c2cccc(F)c2F)c1-c1ccncc1. The van der Waals surface area contributed by atoms with Crippen molar-refractivity contribution in [3.63, 3.8) is 0 Å². The van der Waals surface area contributed by atoms with Gasteiger partial charge in [0.05, 0.1) is 11.3 Å². The summed E-state index contributed by atoms with van der Waals surface area (Å²) in [7, 11) is 0. The highest BCUT2D eigenvalue weighted by Crippen LogP contribution is 2.43. The monoisotopic (exact) mass is 434 g/mol. The van der Waals surface area contributed by atoms with Gasteiger partial charge in [-0.05, 0) is 47.5 Å². The zero-order chi connectivity index (χ0) is 22.7. The fourth-order valence-corrected chi connectivity index (χ4v) is 3.44. The van der Waals surface area contributed by atoms with Crippen molar-refractivity contribution in [1.29, 1.82) is 0 Å². The Morgan fingerprint density at radius 1 is 1.09 bits per heavy atom. The Balaban J connectivity index is 1.99. The van der Waals surface area contributed by atoms with Crippen LogP contribution in [-0.4, -0.2) is 16.0 Å². The molecule has 0 bridgehead atoms. The zero-order valence-corrected chi connectivity index (χ0v) is 17.3. The van der Waals surface area contributed by atoms with E-state index in [2.05, 4.69) is 10.1 Å². The molecule has 0 aliphatic heterocycles. The van der Waals surface area contributed by atoms with Gasteiger partial charge in [-0.25, -0.2) is 13.7 Å². The summed E-state index contributed by atoms with van der Waals surface area (Å²) in [6.07, 6.45) is 3.28. The van der Waals surface area contributed by atoms with Crippen molar-refractivity contribution in [1.82, 2.24) is 10.1 Å². The highest BCUT2D eigenvalue weighted by Gasteiger charge is 2.30. The number of nitrogens with zero attached hydrogens (tertiary/aromatic N) is 3. The minimum atomic E-state index is -1.05. The zero-order valence-electron chi connectivity index (χ0n) is 17.3. The third-order valence-electron chi connectivity index (χ3n) is 5.01. The lowest BCUT2D eigenvalue weighted by atomic mass is 10.0. The second-order valence-corrected chi connectivity index (χ2v) is 7.01. The summed E-state index contributed by atoms with van der Waals surface area (Å²) in [6.45, 7) is 2.01. The molecule has 0 saturated carbocycles. The third kappa shape index (κ3) is 3.88. The van der Waals surface area contributed by atoms with Crippen LogP contribution in [0.1, 0.15) is 18.9 Å². The number of amides is 1. The summed E-state index contributed by atoms with van der Waals surface area (Å²) in [4.78, 5) is 18.4. The molecule has 2 aromatic heterocycles. The molecule has 1 amide bonds. The van der Waals surface area contributed by atoms with E-state index in [1.165, 1.54) is 17.0 Å². The average Bonchev–Trinajstić information content (AvgIpc) is 3.25. The first-order valence-corrected chi connectivity index (χ1v) is 10.0. The van der Waals surface area contributed by atoms with Crippen LogP contribution in [0.25, 0.3) is 22.4 Å². The Bertz CT molecular complexity index is 1260. The number of nitrogens with two attached hydrogens (primary N) is 1. The molecule has 0 aliphatic carbocycles. The smallest absolute Gasteiger partial charge is 0.247 e. The average molecular weight is 434 g/mol. The van der Waals surface area contributed by atoms with E-state index in [9.17, 15) is 13.6 Å². The Hall–Kier alpha value is -3.91. The predicted molar refractivity (Wildman–Crippen MR) is 117 cm³/mol. The number of pyridine rings is 1. The first kappa shape index (κ1) is 21.3. The number of hydrogen-bond acceptors (Lipinski definition) is 5. The molecule has 0 fully saturated rings. The van der Waals surface area contributed by atoms with Crippen molar-refractivity contribution in [2.24, 2.45) is 5.73 Å². The molecule has 0 saturated heterocycles. The molecule has 8 heteroatoms. The van der Waals surface area contributed by atoms with Gasteiger partial charge in [-0.2, -0.15) is 0 Å². The van der Waals surface area contributed by atoms with Crippen LogP contribution in [0.3, 0.4) is 0 Å². The van der Waals surface area contributed by atoms with Crippen LogP contribution in [0.2, 0.25) is 0 Å². The predicted octanol–water partition coefficient (Wildman–Crippen LogP) is 5.22. The van der Waals surface area contributed by atoms with Crippen LogP contribution in [0.5, 0.6) is 0 Å². The second kappa shape index (κ2) is 9.07. The summed E-state index contributed by atoms with van der Waals surface area (Å²) in [5, 5.41) is 4.05. The molecule has 162 valence electrons. The number of aromatic nitrogens is 2. The van der Waals surface area contributed by atoms with Gasteiger partial charge in [-0.3, -0.25) is 9.78 Å². The molecule has 0 aliphatic rings. The molecule has 6 nitrogen and oxygen atoms in total. The van der Waals surface area contributed by atoms with E-state index in [-0.39, 0.29) is 36.0 Å². The van der Waals surface area contributed by atoms with E-state index >= 15 is 0 Å². The van der Waals surface area contributed by atoms with Crippen LogP contribution in [-0.2, 0) is 11.3 Å². The van der Waals surface area contributed by atoms with E-state index in [0.29, 0.717) is 16.8 Å². The maximum absolute atomic E-state index is 14.7. The largest absolute Gasteiger partial charge is 0.336 e. The van der Waals surface area contributed by atoms with Gasteiger partial charge in [0, 0.05) is 30.9 Å². The van der Waals surface area contributed by atoms with E-state index in [1.54, 1.807) is 49.6 Å². The number of rotatable bonds is 6. The lowest BCUT2D eigenvalue weighted by Crippen LogP contribution is -2.25. The molecular formula is C24H20F2N4O2. The van der Waals surface area contributed by atoms with Crippen LogP contribution in [0.15, 0.2) is 71.5 Å². The Kier molecular flexibility index (Phi) is 6.04. The fourth-order valence-electron chi connectivity index (χ4n) is 3.44. The van der Waals surface area contributed by atoms with E-state index in [0.717, 1.165) is 11.6 Å². The molecule has 2 aromatic carbocycles. The summed E-state index contributed by atoms with van der Waals surface area (Å²) in [5.41, 5.74) is 8.04. The molecule has 0 radical (unpaired) electrons. The molecule has 4 rings (SSSR count). The number of hydrogen-bond donors (Lipinski definition) is 1. The van der Waals surface area contributed by atoms with E-state index in [4.69, 9.17) is 10.3 Å². The van der Waals surface area contributed by atoms with Gasteiger partial charge in [0.25, 0.3) is 0 Å². The number of carbonyl (C=O) groups excluding carboxylic acids is 1. The van der Waals surface area contributed by atoms with Crippen molar-refractivity contribution in [2.45, 2.75) is 19.9 Å². The van der Waals surface area contributed by atoms with Crippen LogP contribution in [0, 0.1) is 11.6 Å². The molecular weight excluding hydrogens is 414 g/mol. The highest BCUT2D eigenvalue weighted by atomic mass is 19.2. The Morgan fingerprint density at radius 3 is 2.56 bits per heavy atom. The molecule has 0 unspecified atom stereocenters. The van der Waals surface area contributed by atoms with Gasteiger partial charge in [0.1, 0.15) is 5.69 Å². The first-order valence-electron chi connectivity index (χ1n) is 10.0.